The summed E-state index contributed by atoms with van der Waals surface area (Å²) in [6.45, 7) is 9.55. The highest BCUT2D eigenvalue weighted by atomic mass is 32.1. The quantitative estimate of drug-likeness (QED) is 0.329. The van der Waals surface area contributed by atoms with Crippen molar-refractivity contribution >= 4 is 33.4 Å². The summed E-state index contributed by atoms with van der Waals surface area (Å²) in [6.07, 6.45) is 3.91. The zero-order chi connectivity index (χ0) is 23.5. The van der Waals surface area contributed by atoms with Gasteiger partial charge in [0.2, 0.25) is 5.91 Å². The summed E-state index contributed by atoms with van der Waals surface area (Å²) in [5.74, 6) is 0.00628. The van der Waals surface area contributed by atoms with Gasteiger partial charge < -0.3 is 9.64 Å². The lowest BCUT2D eigenvalue weighted by molar-refractivity contribution is -0.143. The molecule has 1 amide bonds. The molecule has 4 rings (SSSR count). The summed E-state index contributed by atoms with van der Waals surface area (Å²) in [6, 6.07) is 8.75. The van der Waals surface area contributed by atoms with Crippen molar-refractivity contribution in [3.05, 3.63) is 51.5 Å². The molecule has 0 fully saturated rings. The van der Waals surface area contributed by atoms with Gasteiger partial charge in [-0.1, -0.05) is 29.8 Å². The van der Waals surface area contributed by atoms with Gasteiger partial charge in [-0.15, -0.1) is 11.3 Å². The normalized spacial score (nSPS) is 13.3. The van der Waals surface area contributed by atoms with Crippen LogP contribution in [0.4, 0.5) is 0 Å². The number of aryl methyl sites for hydroxylation is 2. The first-order valence-electron chi connectivity index (χ1n) is 11.8. The molecule has 0 saturated carbocycles. The standard InChI is InChI=1S/C27H32N2O3S/c1-5-32-24(31)9-7-6-8-21-18(3)28-27-26(25(21)20-12-10-17(2)11-13-20)22-14-15-29(19(4)30)16-23(22)33-27/h10-13H,5-9,14-16H2,1-4H3. The number of thiophene rings is 1. The molecular formula is C27H32N2O3S. The minimum atomic E-state index is -0.122. The van der Waals surface area contributed by atoms with E-state index in [0.717, 1.165) is 42.8 Å². The molecule has 3 heterocycles. The van der Waals surface area contributed by atoms with Crippen LogP contribution in [0.2, 0.25) is 0 Å². The fraction of sp³-hybridized carbons (Fsp3) is 0.444. The smallest absolute Gasteiger partial charge is 0.305 e. The van der Waals surface area contributed by atoms with Crippen LogP contribution in [-0.4, -0.2) is 34.9 Å². The highest BCUT2D eigenvalue weighted by Crippen LogP contribution is 2.43. The molecule has 174 valence electrons. The number of carbonyl (C=O) groups excluding carboxylic acids is 2. The van der Waals surface area contributed by atoms with E-state index in [0.29, 0.717) is 19.6 Å². The van der Waals surface area contributed by atoms with Crippen LogP contribution in [0.5, 0.6) is 0 Å². The van der Waals surface area contributed by atoms with E-state index in [9.17, 15) is 9.59 Å². The number of nitrogens with zero attached hydrogens (tertiary/aromatic N) is 2. The van der Waals surface area contributed by atoms with Crippen LogP contribution in [-0.2, 0) is 33.7 Å². The second-order valence-corrected chi connectivity index (χ2v) is 9.89. The number of unbranched alkanes of at least 4 members (excludes halogenated alkanes) is 1. The van der Waals surface area contributed by atoms with Gasteiger partial charge in [0, 0.05) is 35.8 Å². The summed E-state index contributed by atoms with van der Waals surface area (Å²) < 4.78 is 5.08. The molecule has 1 aliphatic heterocycles. The third kappa shape index (κ3) is 4.96. The molecule has 0 aliphatic carbocycles. The van der Waals surface area contributed by atoms with E-state index < -0.39 is 0 Å². The number of benzene rings is 1. The molecular weight excluding hydrogens is 432 g/mol. The van der Waals surface area contributed by atoms with Gasteiger partial charge in [0.05, 0.1) is 13.2 Å². The van der Waals surface area contributed by atoms with Crippen LogP contribution in [0.3, 0.4) is 0 Å². The van der Waals surface area contributed by atoms with E-state index >= 15 is 0 Å². The molecule has 0 spiro atoms. The van der Waals surface area contributed by atoms with Crippen molar-refractivity contribution in [3.8, 4) is 11.1 Å². The molecule has 0 atom stereocenters. The average Bonchev–Trinajstić information content (AvgIpc) is 3.14. The van der Waals surface area contributed by atoms with Gasteiger partial charge in [-0.25, -0.2) is 4.98 Å². The Morgan fingerprint density at radius 1 is 1.15 bits per heavy atom. The van der Waals surface area contributed by atoms with Crippen LogP contribution in [0.15, 0.2) is 24.3 Å². The number of aromatic nitrogens is 1. The van der Waals surface area contributed by atoms with Crippen molar-refractivity contribution in [2.75, 3.05) is 13.2 Å². The fourth-order valence-corrected chi connectivity index (χ4v) is 5.99. The number of hydrogen-bond acceptors (Lipinski definition) is 5. The molecule has 33 heavy (non-hydrogen) atoms. The molecule has 0 unspecified atom stereocenters. The predicted octanol–water partition coefficient (Wildman–Crippen LogP) is 5.76. The Kier molecular flexibility index (Phi) is 7.13. The van der Waals surface area contributed by atoms with Gasteiger partial charge in [-0.2, -0.15) is 0 Å². The lowest BCUT2D eigenvalue weighted by Gasteiger charge is -2.26. The third-order valence-electron chi connectivity index (χ3n) is 6.44. The largest absolute Gasteiger partial charge is 0.466 e. The van der Waals surface area contributed by atoms with Gasteiger partial charge in [-0.05, 0) is 68.7 Å². The maximum absolute atomic E-state index is 12.0. The molecule has 0 radical (unpaired) electrons. The molecule has 1 aliphatic rings. The number of carbonyl (C=O) groups is 2. The summed E-state index contributed by atoms with van der Waals surface area (Å²) in [5, 5.41) is 1.26. The van der Waals surface area contributed by atoms with Crippen molar-refractivity contribution in [2.45, 2.75) is 66.3 Å². The SMILES string of the molecule is CCOC(=O)CCCCc1c(C)nc2sc3c(c2c1-c1ccc(C)cc1)CCN(C(C)=O)C3. The Morgan fingerprint density at radius 3 is 2.61 bits per heavy atom. The molecule has 3 aromatic rings. The minimum Gasteiger partial charge on any atom is -0.466 e. The molecule has 5 nitrogen and oxygen atoms in total. The topological polar surface area (TPSA) is 59.5 Å². The maximum Gasteiger partial charge on any atom is 0.305 e. The number of ether oxygens (including phenoxy) is 1. The zero-order valence-corrected chi connectivity index (χ0v) is 20.8. The first-order chi connectivity index (χ1) is 15.9. The Labute approximate surface area is 199 Å². The first-order valence-corrected chi connectivity index (χ1v) is 12.6. The lowest BCUT2D eigenvalue weighted by Crippen LogP contribution is -2.33. The second kappa shape index (κ2) is 10.0. The van der Waals surface area contributed by atoms with E-state index in [2.05, 4.69) is 38.1 Å². The van der Waals surface area contributed by atoms with Crippen molar-refractivity contribution in [1.82, 2.24) is 9.88 Å². The average molecular weight is 465 g/mol. The summed E-state index contributed by atoms with van der Waals surface area (Å²) in [7, 11) is 0. The molecule has 2 aromatic heterocycles. The second-order valence-electron chi connectivity index (χ2n) is 8.80. The van der Waals surface area contributed by atoms with E-state index in [1.54, 1.807) is 18.3 Å². The van der Waals surface area contributed by atoms with Gasteiger partial charge in [0.15, 0.2) is 0 Å². The Hall–Kier alpha value is -2.73. The Balaban J connectivity index is 1.76. The van der Waals surface area contributed by atoms with Crippen LogP contribution in [0, 0.1) is 13.8 Å². The number of esters is 1. The van der Waals surface area contributed by atoms with Crippen molar-refractivity contribution < 1.29 is 14.3 Å². The van der Waals surface area contributed by atoms with Gasteiger partial charge >= 0.3 is 5.97 Å². The fourth-order valence-electron chi connectivity index (χ4n) is 4.69. The van der Waals surface area contributed by atoms with Crippen LogP contribution >= 0.6 is 11.3 Å². The van der Waals surface area contributed by atoms with E-state index in [1.807, 2.05) is 11.8 Å². The number of fused-ring (bicyclic) bond motifs is 3. The van der Waals surface area contributed by atoms with Gasteiger partial charge in [-0.3, -0.25) is 9.59 Å². The summed E-state index contributed by atoms with van der Waals surface area (Å²) in [5.41, 5.74) is 7.40. The van der Waals surface area contributed by atoms with Crippen molar-refractivity contribution in [2.24, 2.45) is 0 Å². The Bertz CT molecular complexity index is 1180. The highest BCUT2D eigenvalue weighted by Gasteiger charge is 2.26. The van der Waals surface area contributed by atoms with Crippen LogP contribution < -0.4 is 0 Å². The van der Waals surface area contributed by atoms with Gasteiger partial charge in [0.25, 0.3) is 0 Å². The van der Waals surface area contributed by atoms with Crippen LogP contribution in [0.25, 0.3) is 21.3 Å². The van der Waals surface area contributed by atoms with Crippen molar-refractivity contribution in [3.63, 3.8) is 0 Å². The number of hydrogen-bond donors (Lipinski definition) is 0. The number of rotatable bonds is 7. The minimum absolute atomic E-state index is 0.122. The molecule has 0 N–H and O–H groups in total. The van der Waals surface area contributed by atoms with Crippen LogP contribution in [0.1, 0.15) is 60.4 Å². The van der Waals surface area contributed by atoms with E-state index in [1.165, 1.54) is 38.1 Å². The predicted molar refractivity (Wildman–Crippen MR) is 134 cm³/mol. The molecule has 0 saturated heterocycles. The maximum atomic E-state index is 12.0. The molecule has 6 heteroatoms. The first kappa shape index (κ1) is 23.4. The summed E-state index contributed by atoms with van der Waals surface area (Å²) >= 11 is 1.73. The third-order valence-corrected chi connectivity index (χ3v) is 7.56. The number of pyridine rings is 1. The Morgan fingerprint density at radius 2 is 1.91 bits per heavy atom. The monoisotopic (exact) mass is 464 g/mol. The lowest BCUT2D eigenvalue weighted by atomic mass is 9.89. The zero-order valence-electron chi connectivity index (χ0n) is 20.0. The van der Waals surface area contributed by atoms with Crippen molar-refractivity contribution in [1.29, 1.82) is 0 Å². The highest BCUT2D eigenvalue weighted by molar-refractivity contribution is 7.19. The summed E-state index contributed by atoms with van der Waals surface area (Å²) in [4.78, 5) is 33.0. The molecule has 0 bridgehead atoms. The van der Waals surface area contributed by atoms with E-state index in [-0.39, 0.29) is 11.9 Å². The van der Waals surface area contributed by atoms with Gasteiger partial charge in [0.1, 0.15) is 4.83 Å². The van der Waals surface area contributed by atoms with E-state index in [4.69, 9.17) is 9.72 Å². The molecule has 1 aromatic carbocycles. The number of amides is 1.